The molecule has 64 valence electrons. The Labute approximate surface area is 66.1 Å². The highest BCUT2D eigenvalue weighted by atomic mass is 16.6. The van der Waals surface area contributed by atoms with Crippen LogP contribution >= 0.6 is 0 Å². The Morgan fingerprint density at radius 2 is 2.18 bits per heavy atom. The van der Waals surface area contributed by atoms with E-state index in [1.807, 2.05) is 5.01 Å². The molecule has 2 saturated heterocycles. The maximum Gasteiger partial charge on any atom is 0.150 e. The molecule has 0 aromatic carbocycles. The molecule has 0 amide bonds. The number of rotatable bonds is 1. The van der Waals surface area contributed by atoms with E-state index in [9.17, 15) is 5.21 Å². The van der Waals surface area contributed by atoms with Gasteiger partial charge in [-0.3, -0.25) is 15.4 Å². The molecule has 0 radical (unpaired) electrons. The van der Waals surface area contributed by atoms with Crippen LogP contribution < -0.4 is 10.6 Å². The Balaban J connectivity index is 2.00. The summed E-state index contributed by atoms with van der Waals surface area (Å²) >= 11 is 0. The molecule has 2 fully saturated rings. The molecule has 5 nitrogen and oxygen atoms in total. The highest BCUT2D eigenvalue weighted by Crippen LogP contribution is 2.13. The average Bonchev–Trinajstić information content (AvgIpc) is 2.55. The summed E-state index contributed by atoms with van der Waals surface area (Å²) < 4.78 is -0.174. The van der Waals surface area contributed by atoms with Gasteiger partial charge in [-0.2, -0.15) is 0 Å². The SMILES string of the molecule is [O-][N+]1(N2CCNC2)CCNC1. The van der Waals surface area contributed by atoms with Crippen molar-refractivity contribution in [2.45, 2.75) is 0 Å². The standard InChI is InChI=1S/C6H14N4O/c11-10(4-2-8-6-10)9-3-1-7-5-9/h7-8H,1-6H2. The van der Waals surface area contributed by atoms with Gasteiger partial charge in [0.1, 0.15) is 6.54 Å². The summed E-state index contributed by atoms with van der Waals surface area (Å²) in [7, 11) is 0. The highest BCUT2D eigenvalue weighted by molar-refractivity contribution is 4.62. The molecular weight excluding hydrogens is 144 g/mol. The zero-order valence-corrected chi connectivity index (χ0v) is 6.55. The summed E-state index contributed by atoms with van der Waals surface area (Å²) in [5.41, 5.74) is 0. The Hall–Kier alpha value is -0.200. The Morgan fingerprint density at radius 3 is 2.73 bits per heavy atom. The second-order valence-corrected chi connectivity index (χ2v) is 3.12. The van der Waals surface area contributed by atoms with Crippen LogP contribution in [0.2, 0.25) is 0 Å². The lowest BCUT2D eigenvalue weighted by molar-refractivity contribution is -0.982. The van der Waals surface area contributed by atoms with Crippen molar-refractivity contribution in [3.63, 3.8) is 0 Å². The second-order valence-electron chi connectivity index (χ2n) is 3.12. The van der Waals surface area contributed by atoms with E-state index in [4.69, 9.17) is 0 Å². The molecule has 0 spiro atoms. The fourth-order valence-corrected chi connectivity index (χ4v) is 1.63. The molecule has 0 aromatic heterocycles. The molecule has 11 heavy (non-hydrogen) atoms. The van der Waals surface area contributed by atoms with E-state index in [-0.39, 0.29) is 4.76 Å². The maximum absolute atomic E-state index is 11.9. The predicted octanol–water partition coefficient (Wildman–Crippen LogP) is -1.36. The van der Waals surface area contributed by atoms with Crippen LogP contribution in [0.1, 0.15) is 0 Å². The smallest absolute Gasteiger partial charge is 0.150 e. The van der Waals surface area contributed by atoms with E-state index in [0.717, 1.165) is 26.3 Å². The molecule has 1 atom stereocenters. The van der Waals surface area contributed by atoms with Gasteiger partial charge < -0.3 is 5.21 Å². The van der Waals surface area contributed by atoms with E-state index >= 15 is 0 Å². The highest BCUT2D eigenvalue weighted by Gasteiger charge is 2.32. The first-order chi connectivity index (χ1) is 5.31. The minimum atomic E-state index is -0.174. The zero-order chi connectivity index (χ0) is 7.73. The van der Waals surface area contributed by atoms with Gasteiger partial charge >= 0.3 is 0 Å². The summed E-state index contributed by atoms with van der Waals surface area (Å²) in [6, 6.07) is 0. The molecular formula is C6H14N4O. The van der Waals surface area contributed by atoms with Gasteiger partial charge in [-0.15, -0.1) is 5.01 Å². The fraction of sp³-hybridized carbons (Fsp3) is 1.00. The van der Waals surface area contributed by atoms with Crippen LogP contribution in [-0.2, 0) is 0 Å². The summed E-state index contributed by atoms with van der Waals surface area (Å²) in [4.78, 5) is 0. The van der Waals surface area contributed by atoms with Crippen LogP contribution in [0.25, 0.3) is 0 Å². The summed E-state index contributed by atoms with van der Waals surface area (Å²) in [6.07, 6.45) is 0. The van der Waals surface area contributed by atoms with Gasteiger partial charge in [0.2, 0.25) is 0 Å². The summed E-state index contributed by atoms with van der Waals surface area (Å²) in [6.45, 7) is 4.64. The Morgan fingerprint density at radius 1 is 1.27 bits per heavy atom. The van der Waals surface area contributed by atoms with Crippen molar-refractivity contribution in [2.75, 3.05) is 39.5 Å². The molecule has 0 aromatic rings. The van der Waals surface area contributed by atoms with Crippen molar-refractivity contribution in [1.82, 2.24) is 15.6 Å². The third kappa shape index (κ3) is 1.25. The number of hydrogen-bond acceptors (Lipinski definition) is 4. The van der Waals surface area contributed by atoms with Crippen LogP contribution in [-0.4, -0.2) is 49.3 Å². The predicted molar refractivity (Wildman–Crippen MR) is 40.9 cm³/mol. The van der Waals surface area contributed by atoms with Gasteiger partial charge in [-0.1, -0.05) is 0 Å². The molecule has 2 aliphatic rings. The van der Waals surface area contributed by atoms with Gasteiger partial charge in [-0.25, -0.2) is 0 Å². The van der Waals surface area contributed by atoms with E-state index in [1.165, 1.54) is 0 Å². The topological polar surface area (TPSA) is 50.4 Å². The normalized spacial score (nSPS) is 40.1. The number of quaternary nitrogens is 1. The van der Waals surface area contributed by atoms with Crippen LogP contribution in [0.4, 0.5) is 0 Å². The van der Waals surface area contributed by atoms with Gasteiger partial charge in [0, 0.05) is 6.54 Å². The lowest BCUT2D eigenvalue weighted by Gasteiger charge is -2.43. The molecule has 2 rings (SSSR count). The van der Waals surface area contributed by atoms with Crippen LogP contribution in [0, 0.1) is 5.21 Å². The van der Waals surface area contributed by atoms with Crippen LogP contribution in [0.3, 0.4) is 0 Å². The first kappa shape index (κ1) is 7.45. The first-order valence-electron chi connectivity index (χ1n) is 4.06. The van der Waals surface area contributed by atoms with Crippen LogP contribution in [0.5, 0.6) is 0 Å². The van der Waals surface area contributed by atoms with E-state index in [0.29, 0.717) is 13.2 Å². The molecule has 1 unspecified atom stereocenters. The quantitative estimate of drug-likeness (QED) is 0.365. The molecule has 0 saturated carbocycles. The van der Waals surface area contributed by atoms with Crippen molar-refractivity contribution in [3.05, 3.63) is 5.21 Å². The minimum absolute atomic E-state index is 0.174. The minimum Gasteiger partial charge on any atom is -0.610 e. The van der Waals surface area contributed by atoms with E-state index < -0.39 is 0 Å². The monoisotopic (exact) mass is 158 g/mol. The summed E-state index contributed by atoms with van der Waals surface area (Å²) in [5, 5.41) is 20.0. The number of nitrogens with one attached hydrogen (secondary N) is 2. The van der Waals surface area contributed by atoms with E-state index in [2.05, 4.69) is 10.6 Å². The van der Waals surface area contributed by atoms with Gasteiger partial charge in [0.15, 0.2) is 6.67 Å². The fourth-order valence-electron chi connectivity index (χ4n) is 1.63. The largest absolute Gasteiger partial charge is 0.610 e. The van der Waals surface area contributed by atoms with Crippen molar-refractivity contribution >= 4 is 0 Å². The van der Waals surface area contributed by atoms with Crippen molar-refractivity contribution in [1.29, 1.82) is 0 Å². The molecule has 2 N–H and O–H groups in total. The van der Waals surface area contributed by atoms with Crippen molar-refractivity contribution in [2.24, 2.45) is 0 Å². The zero-order valence-electron chi connectivity index (χ0n) is 6.55. The van der Waals surface area contributed by atoms with Gasteiger partial charge in [0.25, 0.3) is 0 Å². The molecule has 0 aliphatic carbocycles. The second kappa shape index (κ2) is 2.69. The first-order valence-corrected chi connectivity index (χ1v) is 4.06. The third-order valence-corrected chi connectivity index (χ3v) is 2.35. The number of nitrogens with zero attached hydrogens (tertiary/aromatic N) is 2. The van der Waals surface area contributed by atoms with Crippen molar-refractivity contribution in [3.8, 4) is 0 Å². The average molecular weight is 158 g/mol. The lowest BCUT2D eigenvalue weighted by Crippen LogP contribution is -2.54. The van der Waals surface area contributed by atoms with Gasteiger partial charge in [0.05, 0.1) is 19.8 Å². The molecule has 5 heteroatoms. The molecule has 2 heterocycles. The van der Waals surface area contributed by atoms with Crippen molar-refractivity contribution < 1.29 is 4.76 Å². The van der Waals surface area contributed by atoms with Gasteiger partial charge in [-0.05, 0) is 0 Å². The Bertz CT molecular complexity index is 140. The van der Waals surface area contributed by atoms with Crippen LogP contribution in [0.15, 0.2) is 0 Å². The number of hydroxylamine groups is 2. The molecule has 2 aliphatic heterocycles. The maximum atomic E-state index is 11.9. The Kier molecular flexibility index (Phi) is 1.82. The molecule has 0 bridgehead atoms. The number of hydrogen-bond donors (Lipinski definition) is 2. The lowest BCUT2D eigenvalue weighted by atomic mass is 10.6. The summed E-state index contributed by atoms with van der Waals surface area (Å²) in [5.74, 6) is 0. The van der Waals surface area contributed by atoms with E-state index in [1.54, 1.807) is 0 Å². The third-order valence-electron chi connectivity index (χ3n) is 2.35.